The Morgan fingerprint density at radius 2 is 1.82 bits per heavy atom. The Labute approximate surface area is 233 Å². The quantitative estimate of drug-likeness (QED) is 0.263. The Morgan fingerprint density at radius 1 is 1.02 bits per heavy atom. The van der Waals surface area contributed by atoms with E-state index in [-0.39, 0.29) is 11.1 Å². The van der Waals surface area contributed by atoms with Gasteiger partial charge in [-0.1, -0.05) is 70.5 Å². The lowest BCUT2D eigenvalue weighted by molar-refractivity contribution is 0.410. The molecule has 0 bridgehead atoms. The summed E-state index contributed by atoms with van der Waals surface area (Å²) in [6, 6.07) is 17.9. The van der Waals surface area contributed by atoms with Crippen LogP contribution in [0, 0.1) is 0 Å². The first-order chi connectivity index (χ1) is 19.3. The summed E-state index contributed by atoms with van der Waals surface area (Å²) in [6.45, 7) is 9.08. The second-order valence-corrected chi connectivity index (χ2v) is 10.9. The maximum Gasteiger partial charge on any atom is 0.333 e. The number of benzene rings is 2. The van der Waals surface area contributed by atoms with Gasteiger partial charge in [0.05, 0.1) is 25.0 Å². The second-order valence-electron chi connectivity index (χ2n) is 10.9. The molecular formula is C31H35N7O2. The number of pyridine rings is 1. The van der Waals surface area contributed by atoms with Gasteiger partial charge >= 0.3 is 5.69 Å². The predicted molar refractivity (Wildman–Crippen MR) is 156 cm³/mol. The predicted octanol–water partition coefficient (Wildman–Crippen LogP) is 5.58. The van der Waals surface area contributed by atoms with Crippen LogP contribution in [-0.4, -0.2) is 41.9 Å². The van der Waals surface area contributed by atoms with E-state index in [1.165, 1.54) is 0 Å². The topological polar surface area (TPSA) is 104 Å². The van der Waals surface area contributed by atoms with Crippen molar-refractivity contribution in [3.63, 3.8) is 0 Å². The van der Waals surface area contributed by atoms with Crippen LogP contribution in [0.4, 0.5) is 0 Å². The first-order valence-electron chi connectivity index (χ1n) is 13.6. The third-order valence-corrected chi connectivity index (χ3v) is 7.09. The van der Waals surface area contributed by atoms with Crippen LogP contribution < -0.4 is 10.4 Å². The lowest BCUT2D eigenvalue weighted by Gasteiger charge is -2.24. The van der Waals surface area contributed by atoms with Crippen molar-refractivity contribution in [2.45, 2.75) is 58.9 Å². The van der Waals surface area contributed by atoms with Crippen molar-refractivity contribution in [3.8, 4) is 34.1 Å². The molecular weight excluding hydrogens is 502 g/mol. The molecule has 0 saturated carbocycles. The number of ether oxygens (including phenoxy) is 1. The van der Waals surface area contributed by atoms with Gasteiger partial charge in [0.15, 0.2) is 5.82 Å². The lowest BCUT2D eigenvalue weighted by atomic mass is 9.85. The fourth-order valence-corrected chi connectivity index (χ4v) is 5.00. The van der Waals surface area contributed by atoms with Gasteiger partial charge in [-0.3, -0.25) is 14.1 Å². The van der Waals surface area contributed by atoms with Crippen LogP contribution in [0.15, 0.2) is 71.8 Å². The Balaban J connectivity index is 1.54. The minimum atomic E-state index is -0.170. The number of rotatable bonds is 9. The van der Waals surface area contributed by atoms with E-state index < -0.39 is 0 Å². The van der Waals surface area contributed by atoms with Gasteiger partial charge < -0.3 is 4.74 Å². The van der Waals surface area contributed by atoms with E-state index in [9.17, 15) is 4.79 Å². The van der Waals surface area contributed by atoms with Crippen LogP contribution in [0.1, 0.15) is 57.4 Å². The molecule has 0 saturated heterocycles. The van der Waals surface area contributed by atoms with Crippen LogP contribution in [0.2, 0.25) is 0 Å². The molecule has 3 aromatic heterocycles. The molecule has 0 radical (unpaired) electrons. The fourth-order valence-electron chi connectivity index (χ4n) is 5.00. The number of H-pyrrole nitrogens is 1. The molecule has 0 spiro atoms. The molecule has 1 N–H and O–H groups in total. The van der Waals surface area contributed by atoms with Gasteiger partial charge in [0.2, 0.25) is 0 Å². The van der Waals surface area contributed by atoms with E-state index in [2.05, 4.69) is 59.4 Å². The minimum absolute atomic E-state index is 0.0741. The second kappa shape index (κ2) is 11.3. The highest BCUT2D eigenvalue weighted by Crippen LogP contribution is 2.34. The normalized spacial score (nSPS) is 11.6. The maximum absolute atomic E-state index is 14.0. The van der Waals surface area contributed by atoms with E-state index in [0.29, 0.717) is 18.1 Å². The zero-order valence-corrected chi connectivity index (χ0v) is 23.7. The summed E-state index contributed by atoms with van der Waals surface area (Å²) >= 11 is 0. The first kappa shape index (κ1) is 27.1. The van der Waals surface area contributed by atoms with Crippen molar-refractivity contribution in [1.82, 2.24) is 34.7 Å². The SMILES string of the molecule is CCCCc1cn(-c2c(OC)cccc2C(C)(C)C)c(=O)n1Cc1ccc(-c2ncccc2-c2nnn[nH]2)cc1. The number of unbranched alkanes of at least 4 members (excludes halogenated alkanes) is 1. The van der Waals surface area contributed by atoms with E-state index in [1.807, 2.05) is 59.3 Å². The van der Waals surface area contributed by atoms with Crippen molar-refractivity contribution in [3.05, 3.63) is 94.3 Å². The molecule has 0 aliphatic carbocycles. The number of hydrogen-bond acceptors (Lipinski definition) is 6. The molecule has 0 aliphatic heterocycles. The highest BCUT2D eigenvalue weighted by molar-refractivity contribution is 5.77. The molecule has 3 heterocycles. The standard InChI is InChI=1S/C31H35N7O2/c1-6-7-10-23-20-38(28-25(31(2,3)4)12-8-13-26(28)40-5)30(39)37(23)19-21-14-16-22(17-15-21)27-24(11-9-18-32-27)29-33-35-36-34-29/h8-9,11-18,20H,6-7,10,19H2,1-5H3,(H,33,34,35,36). The monoisotopic (exact) mass is 537 g/mol. The number of nitrogens with one attached hydrogen (secondary N) is 1. The average molecular weight is 538 g/mol. The van der Waals surface area contributed by atoms with Crippen LogP contribution >= 0.6 is 0 Å². The molecule has 0 atom stereocenters. The molecule has 9 heteroatoms. The Bertz CT molecular complexity index is 1640. The minimum Gasteiger partial charge on any atom is -0.495 e. The summed E-state index contributed by atoms with van der Waals surface area (Å²) < 4.78 is 9.39. The van der Waals surface area contributed by atoms with Gasteiger partial charge in [-0.25, -0.2) is 9.89 Å². The number of methoxy groups -OCH3 is 1. The Hall–Kier alpha value is -4.53. The van der Waals surface area contributed by atoms with Crippen molar-refractivity contribution in [2.24, 2.45) is 0 Å². The molecule has 0 fully saturated rings. The number of tetrazole rings is 1. The van der Waals surface area contributed by atoms with E-state index >= 15 is 0 Å². The van der Waals surface area contributed by atoms with Gasteiger partial charge in [0.1, 0.15) is 5.75 Å². The van der Waals surface area contributed by atoms with Crippen molar-refractivity contribution >= 4 is 0 Å². The van der Waals surface area contributed by atoms with Crippen molar-refractivity contribution in [1.29, 1.82) is 0 Å². The summed E-state index contributed by atoms with van der Waals surface area (Å²) in [7, 11) is 1.65. The molecule has 0 unspecified atom stereocenters. The van der Waals surface area contributed by atoms with E-state index in [4.69, 9.17) is 4.74 Å². The zero-order chi connectivity index (χ0) is 28.3. The van der Waals surface area contributed by atoms with Gasteiger partial charge in [0.25, 0.3) is 0 Å². The highest BCUT2D eigenvalue weighted by Gasteiger charge is 2.25. The van der Waals surface area contributed by atoms with Crippen LogP contribution in [0.3, 0.4) is 0 Å². The number of nitrogens with zero attached hydrogens (tertiary/aromatic N) is 6. The summed E-state index contributed by atoms with van der Waals surface area (Å²) in [5, 5.41) is 14.2. The molecule has 2 aromatic carbocycles. The molecule has 5 aromatic rings. The van der Waals surface area contributed by atoms with Gasteiger partial charge in [-0.2, -0.15) is 0 Å². The molecule has 9 nitrogen and oxygen atoms in total. The molecule has 206 valence electrons. The number of aromatic nitrogens is 7. The number of hydrogen-bond donors (Lipinski definition) is 1. The average Bonchev–Trinajstić information content (AvgIpc) is 3.60. The third kappa shape index (κ3) is 5.32. The molecule has 40 heavy (non-hydrogen) atoms. The number of aromatic amines is 1. The van der Waals surface area contributed by atoms with Gasteiger partial charge in [0, 0.05) is 29.2 Å². The molecule has 0 amide bonds. The smallest absolute Gasteiger partial charge is 0.333 e. The maximum atomic E-state index is 14.0. The number of para-hydroxylation sites is 1. The van der Waals surface area contributed by atoms with Crippen LogP contribution in [0.25, 0.3) is 28.3 Å². The fraction of sp³-hybridized carbons (Fsp3) is 0.323. The van der Waals surface area contributed by atoms with Gasteiger partial charge in [-0.15, -0.1) is 5.10 Å². The molecule has 5 rings (SSSR count). The van der Waals surface area contributed by atoms with Gasteiger partial charge in [-0.05, 0) is 58.0 Å². The summed E-state index contributed by atoms with van der Waals surface area (Å²) in [5.41, 5.74) is 6.20. The van der Waals surface area contributed by atoms with E-state index in [1.54, 1.807) is 17.9 Å². The lowest BCUT2D eigenvalue weighted by Crippen LogP contribution is -2.27. The molecule has 0 aliphatic rings. The summed E-state index contributed by atoms with van der Waals surface area (Å²) in [6.07, 6.45) is 6.61. The number of imidazole rings is 1. The third-order valence-electron chi connectivity index (χ3n) is 7.09. The van der Waals surface area contributed by atoms with E-state index in [0.717, 1.165) is 58.6 Å². The summed E-state index contributed by atoms with van der Waals surface area (Å²) in [5.74, 6) is 1.25. The van der Waals surface area contributed by atoms with Crippen LogP contribution in [0.5, 0.6) is 5.75 Å². The van der Waals surface area contributed by atoms with Crippen molar-refractivity contribution < 1.29 is 4.74 Å². The van der Waals surface area contributed by atoms with Crippen LogP contribution in [-0.2, 0) is 18.4 Å². The summed E-state index contributed by atoms with van der Waals surface area (Å²) in [4.78, 5) is 18.6. The Morgan fingerprint density at radius 3 is 2.50 bits per heavy atom. The number of aryl methyl sites for hydroxylation is 1. The highest BCUT2D eigenvalue weighted by atomic mass is 16.5. The zero-order valence-electron chi connectivity index (χ0n) is 23.7. The largest absolute Gasteiger partial charge is 0.495 e. The van der Waals surface area contributed by atoms with Crippen molar-refractivity contribution in [2.75, 3.05) is 7.11 Å². The first-order valence-corrected chi connectivity index (χ1v) is 13.6. The Kier molecular flexibility index (Phi) is 7.64.